The summed E-state index contributed by atoms with van der Waals surface area (Å²) in [4.78, 5) is -0.0645. The highest BCUT2D eigenvalue weighted by Gasteiger charge is 2.24. The van der Waals surface area contributed by atoms with Gasteiger partial charge >= 0.3 is 0 Å². The number of nitrogens with zero attached hydrogens (tertiary/aromatic N) is 2. The van der Waals surface area contributed by atoms with Crippen LogP contribution in [0.15, 0.2) is 23.1 Å². The third kappa shape index (κ3) is 3.90. The molecule has 7 heteroatoms. The molecular weight excluding hydrogens is 291 g/mol. The second-order valence-electron chi connectivity index (χ2n) is 3.89. The lowest BCUT2D eigenvalue weighted by Gasteiger charge is -2.20. The van der Waals surface area contributed by atoms with Crippen molar-refractivity contribution in [2.24, 2.45) is 0 Å². The van der Waals surface area contributed by atoms with Gasteiger partial charge in [0.25, 0.3) is 0 Å². The molecule has 1 aromatic rings. The van der Waals surface area contributed by atoms with Crippen molar-refractivity contribution in [1.29, 1.82) is 5.26 Å². The van der Waals surface area contributed by atoms with Crippen LogP contribution < -0.4 is 0 Å². The number of hydrogen-bond donors (Lipinski definition) is 0. The maximum absolute atomic E-state index is 13.1. The van der Waals surface area contributed by atoms with Gasteiger partial charge in [0.2, 0.25) is 10.0 Å². The van der Waals surface area contributed by atoms with Crippen LogP contribution in [0.25, 0.3) is 0 Å². The molecule has 104 valence electrons. The van der Waals surface area contributed by atoms with Gasteiger partial charge in [0.1, 0.15) is 5.82 Å². The van der Waals surface area contributed by atoms with Gasteiger partial charge in [0.15, 0.2) is 0 Å². The van der Waals surface area contributed by atoms with E-state index < -0.39 is 15.8 Å². The predicted octanol–water partition coefficient (Wildman–Crippen LogP) is 2.79. The van der Waals surface area contributed by atoms with Crippen molar-refractivity contribution in [2.75, 3.05) is 13.1 Å². The van der Waals surface area contributed by atoms with Gasteiger partial charge in [-0.1, -0.05) is 18.5 Å². The summed E-state index contributed by atoms with van der Waals surface area (Å²) in [6.07, 6.45) is 0.730. The van der Waals surface area contributed by atoms with Crippen LogP contribution in [0.4, 0.5) is 4.39 Å². The number of halogens is 2. The average molecular weight is 305 g/mol. The Hall–Kier alpha value is -1.16. The Balaban J connectivity index is 3.11. The van der Waals surface area contributed by atoms with Crippen molar-refractivity contribution in [3.8, 4) is 6.07 Å². The van der Waals surface area contributed by atoms with Crippen LogP contribution in [-0.2, 0) is 10.0 Å². The smallest absolute Gasteiger partial charge is 0.207 e. The lowest BCUT2D eigenvalue weighted by Crippen LogP contribution is -2.32. The molecule has 0 fully saturated rings. The molecule has 0 heterocycles. The van der Waals surface area contributed by atoms with Gasteiger partial charge in [-0.05, 0) is 24.6 Å². The zero-order valence-electron chi connectivity index (χ0n) is 10.4. The molecule has 0 unspecified atom stereocenters. The molecule has 0 radical (unpaired) electrons. The minimum Gasteiger partial charge on any atom is -0.207 e. The largest absolute Gasteiger partial charge is 0.243 e. The van der Waals surface area contributed by atoms with E-state index in [2.05, 4.69) is 0 Å². The Morgan fingerprint density at radius 3 is 2.63 bits per heavy atom. The van der Waals surface area contributed by atoms with Crippen molar-refractivity contribution in [3.05, 3.63) is 29.0 Å². The van der Waals surface area contributed by atoms with Gasteiger partial charge in [0.05, 0.1) is 16.0 Å². The number of hydrogen-bond acceptors (Lipinski definition) is 3. The maximum Gasteiger partial charge on any atom is 0.243 e. The monoisotopic (exact) mass is 304 g/mol. The molecule has 4 nitrogen and oxygen atoms in total. The second-order valence-corrected chi connectivity index (χ2v) is 6.23. The third-order valence-corrected chi connectivity index (χ3v) is 4.66. The van der Waals surface area contributed by atoms with Gasteiger partial charge in [0, 0.05) is 19.5 Å². The molecule has 19 heavy (non-hydrogen) atoms. The molecule has 0 aliphatic carbocycles. The highest BCUT2D eigenvalue weighted by Crippen LogP contribution is 2.22. The molecule has 1 aromatic carbocycles. The zero-order valence-corrected chi connectivity index (χ0v) is 12.0. The zero-order chi connectivity index (χ0) is 14.5. The second kappa shape index (κ2) is 6.85. The first-order valence-electron chi connectivity index (χ1n) is 5.75. The summed E-state index contributed by atoms with van der Waals surface area (Å²) in [7, 11) is -3.74. The Labute approximate surface area is 117 Å². The van der Waals surface area contributed by atoms with Gasteiger partial charge < -0.3 is 0 Å². The van der Waals surface area contributed by atoms with Crippen molar-refractivity contribution < 1.29 is 12.8 Å². The van der Waals surface area contributed by atoms with Crippen molar-refractivity contribution in [1.82, 2.24) is 4.31 Å². The molecule has 0 aliphatic rings. The quantitative estimate of drug-likeness (QED) is 0.812. The fraction of sp³-hybridized carbons (Fsp3) is 0.417. The number of sulfonamides is 1. The van der Waals surface area contributed by atoms with E-state index in [4.69, 9.17) is 16.9 Å². The standard InChI is InChI=1S/C12H14ClFN2O2S/c1-2-7-16(8-3-6-15)19(17,18)10-4-5-12(14)11(13)9-10/h4-5,9H,2-3,7-8H2,1H3. The highest BCUT2D eigenvalue weighted by atomic mass is 35.5. The lowest BCUT2D eigenvalue weighted by atomic mass is 10.3. The van der Waals surface area contributed by atoms with E-state index in [1.54, 1.807) is 0 Å². The molecule has 0 amide bonds. The van der Waals surface area contributed by atoms with E-state index in [9.17, 15) is 12.8 Å². The summed E-state index contributed by atoms with van der Waals surface area (Å²) in [5.74, 6) is -0.667. The Kier molecular flexibility index (Phi) is 5.73. The van der Waals surface area contributed by atoms with E-state index in [1.807, 2.05) is 13.0 Å². The van der Waals surface area contributed by atoms with Crippen molar-refractivity contribution in [2.45, 2.75) is 24.7 Å². The van der Waals surface area contributed by atoms with Crippen LogP contribution in [-0.4, -0.2) is 25.8 Å². The molecule has 0 aliphatic heterocycles. The van der Waals surface area contributed by atoms with E-state index in [0.29, 0.717) is 13.0 Å². The van der Waals surface area contributed by atoms with Gasteiger partial charge in [-0.25, -0.2) is 12.8 Å². The average Bonchev–Trinajstić information content (AvgIpc) is 2.37. The van der Waals surface area contributed by atoms with Crippen molar-refractivity contribution >= 4 is 21.6 Å². The summed E-state index contributed by atoms with van der Waals surface area (Å²) in [6.45, 7) is 2.26. The normalized spacial score (nSPS) is 11.5. The van der Waals surface area contributed by atoms with E-state index >= 15 is 0 Å². The summed E-state index contributed by atoms with van der Waals surface area (Å²) in [5.41, 5.74) is 0. The predicted molar refractivity (Wildman–Crippen MR) is 70.7 cm³/mol. The van der Waals surface area contributed by atoms with Gasteiger partial charge in [-0.2, -0.15) is 9.57 Å². The Morgan fingerprint density at radius 1 is 1.42 bits per heavy atom. The molecule has 0 saturated heterocycles. The van der Waals surface area contributed by atoms with E-state index in [-0.39, 0.29) is 22.9 Å². The molecule has 0 aromatic heterocycles. The maximum atomic E-state index is 13.1. The van der Waals surface area contributed by atoms with Crippen LogP contribution >= 0.6 is 11.6 Å². The number of nitriles is 1. The first-order chi connectivity index (χ1) is 8.93. The number of benzene rings is 1. The molecule has 0 saturated carbocycles. The van der Waals surface area contributed by atoms with Crippen LogP contribution in [0.5, 0.6) is 0 Å². The molecule has 1 rings (SSSR count). The summed E-state index contributed by atoms with van der Waals surface area (Å²) < 4.78 is 38.9. The Bertz CT molecular complexity index is 584. The first kappa shape index (κ1) is 15.9. The Morgan fingerprint density at radius 2 is 2.11 bits per heavy atom. The summed E-state index contributed by atoms with van der Waals surface area (Å²) in [6, 6.07) is 5.18. The van der Waals surface area contributed by atoms with Gasteiger partial charge in [-0.15, -0.1) is 0 Å². The summed E-state index contributed by atoms with van der Waals surface area (Å²) >= 11 is 5.60. The van der Waals surface area contributed by atoms with Crippen LogP contribution in [0, 0.1) is 17.1 Å². The molecule has 0 N–H and O–H groups in total. The SMILES string of the molecule is CCCN(CCC#N)S(=O)(=O)c1ccc(F)c(Cl)c1. The molecule has 0 spiro atoms. The van der Waals surface area contributed by atoms with Gasteiger partial charge in [-0.3, -0.25) is 0 Å². The minimum absolute atomic E-state index is 0.0645. The lowest BCUT2D eigenvalue weighted by molar-refractivity contribution is 0.417. The van der Waals surface area contributed by atoms with Crippen molar-refractivity contribution in [3.63, 3.8) is 0 Å². The van der Waals surface area contributed by atoms with E-state index in [1.165, 1.54) is 10.4 Å². The minimum atomic E-state index is -3.74. The van der Waals surface area contributed by atoms with E-state index in [0.717, 1.165) is 12.1 Å². The first-order valence-corrected chi connectivity index (χ1v) is 7.57. The van der Waals surface area contributed by atoms with Crippen LogP contribution in [0.1, 0.15) is 19.8 Å². The third-order valence-electron chi connectivity index (χ3n) is 2.47. The van der Waals surface area contributed by atoms with Crippen LogP contribution in [0.3, 0.4) is 0 Å². The fourth-order valence-corrected chi connectivity index (χ4v) is 3.37. The summed E-state index contributed by atoms with van der Waals surface area (Å²) in [5, 5.41) is 8.32. The fourth-order valence-electron chi connectivity index (χ4n) is 1.56. The topological polar surface area (TPSA) is 61.2 Å². The molecule has 0 bridgehead atoms. The van der Waals surface area contributed by atoms with Crippen LogP contribution in [0.2, 0.25) is 5.02 Å². The molecular formula is C12H14ClFN2O2S. The molecule has 0 atom stereocenters. The highest BCUT2D eigenvalue weighted by molar-refractivity contribution is 7.89. The number of rotatable bonds is 6.